The number of hydrazone groups is 1. The van der Waals surface area contributed by atoms with Gasteiger partial charge in [-0.3, -0.25) is 5.43 Å². The van der Waals surface area contributed by atoms with E-state index in [1.54, 1.807) is 18.3 Å². The van der Waals surface area contributed by atoms with E-state index in [4.69, 9.17) is 28.6 Å². The predicted octanol–water partition coefficient (Wildman–Crippen LogP) is 4.66. The SMILES string of the molecule is CCCCOc1ccc(CNC(=S)N/N=C/c2ccc(F)cc2)cc1Cl. The molecule has 0 aliphatic carbocycles. The van der Waals surface area contributed by atoms with Crippen molar-refractivity contribution >= 4 is 35.1 Å². The van der Waals surface area contributed by atoms with Gasteiger partial charge in [-0.25, -0.2) is 4.39 Å². The molecule has 0 unspecified atom stereocenters. The molecule has 138 valence electrons. The van der Waals surface area contributed by atoms with Crippen molar-refractivity contribution in [2.45, 2.75) is 26.3 Å². The minimum Gasteiger partial charge on any atom is -0.492 e. The smallest absolute Gasteiger partial charge is 0.187 e. The highest BCUT2D eigenvalue weighted by Crippen LogP contribution is 2.25. The van der Waals surface area contributed by atoms with E-state index in [0.29, 0.717) is 29.0 Å². The molecule has 2 aromatic rings. The van der Waals surface area contributed by atoms with Gasteiger partial charge in [-0.1, -0.05) is 43.1 Å². The summed E-state index contributed by atoms with van der Waals surface area (Å²) in [5.41, 5.74) is 4.46. The summed E-state index contributed by atoms with van der Waals surface area (Å²) < 4.78 is 18.4. The number of hydrogen-bond donors (Lipinski definition) is 2. The predicted molar refractivity (Wildman–Crippen MR) is 108 cm³/mol. The normalized spacial score (nSPS) is 10.7. The first kappa shape index (κ1) is 20.1. The number of rotatable bonds is 8. The first-order chi connectivity index (χ1) is 12.6. The van der Waals surface area contributed by atoms with Crippen molar-refractivity contribution < 1.29 is 9.13 Å². The zero-order valence-electron chi connectivity index (χ0n) is 14.5. The zero-order chi connectivity index (χ0) is 18.8. The van der Waals surface area contributed by atoms with Gasteiger partial charge >= 0.3 is 0 Å². The lowest BCUT2D eigenvalue weighted by Crippen LogP contribution is -2.31. The third-order valence-corrected chi connectivity index (χ3v) is 3.99. The molecule has 0 aliphatic heterocycles. The molecule has 7 heteroatoms. The fraction of sp³-hybridized carbons (Fsp3) is 0.263. The van der Waals surface area contributed by atoms with Crippen LogP contribution in [0.2, 0.25) is 5.02 Å². The maximum Gasteiger partial charge on any atom is 0.187 e. The molecule has 0 amide bonds. The van der Waals surface area contributed by atoms with Crippen LogP contribution in [0.3, 0.4) is 0 Å². The van der Waals surface area contributed by atoms with Crippen LogP contribution in [0.25, 0.3) is 0 Å². The second-order valence-electron chi connectivity index (χ2n) is 5.57. The summed E-state index contributed by atoms with van der Waals surface area (Å²) in [5, 5.41) is 8.01. The van der Waals surface area contributed by atoms with Crippen LogP contribution in [0.15, 0.2) is 47.6 Å². The highest BCUT2D eigenvalue weighted by atomic mass is 35.5. The molecule has 0 fully saturated rings. The van der Waals surface area contributed by atoms with Crippen molar-refractivity contribution in [1.29, 1.82) is 0 Å². The van der Waals surface area contributed by atoms with Gasteiger partial charge in [0.1, 0.15) is 11.6 Å². The van der Waals surface area contributed by atoms with Gasteiger partial charge in [0.05, 0.1) is 17.8 Å². The third-order valence-electron chi connectivity index (χ3n) is 3.45. The van der Waals surface area contributed by atoms with E-state index in [2.05, 4.69) is 22.8 Å². The Kier molecular flexibility index (Phi) is 8.31. The second-order valence-corrected chi connectivity index (χ2v) is 6.39. The lowest BCUT2D eigenvalue weighted by Gasteiger charge is -2.10. The van der Waals surface area contributed by atoms with Crippen LogP contribution in [0.4, 0.5) is 4.39 Å². The molecule has 0 aromatic heterocycles. The molecule has 26 heavy (non-hydrogen) atoms. The van der Waals surface area contributed by atoms with Gasteiger partial charge < -0.3 is 10.1 Å². The molecule has 0 radical (unpaired) electrons. The Hall–Kier alpha value is -2.18. The van der Waals surface area contributed by atoms with E-state index in [1.165, 1.54) is 12.1 Å². The van der Waals surface area contributed by atoms with Crippen LogP contribution >= 0.6 is 23.8 Å². The van der Waals surface area contributed by atoms with Gasteiger partial charge in [0.15, 0.2) is 5.11 Å². The number of ether oxygens (including phenoxy) is 1. The zero-order valence-corrected chi connectivity index (χ0v) is 16.0. The van der Waals surface area contributed by atoms with E-state index in [0.717, 1.165) is 24.0 Å². The summed E-state index contributed by atoms with van der Waals surface area (Å²) >= 11 is 11.4. The number of halogens is 2. The van der Waals surface area contributed by atoms with Crippen molar-refractivity contribution in [3.05, 3.63) is 64.4 Å². The van der Waals surface area contributed by atoms with E-state index in [1.807, 2.05) is 18.2 Å². The monoisotopic (exact) mass is 393 g/mol. The first-order valence-corrected chi connectivity index (χ1v) is 9.11. The molecule has 0 heterocycles. The van der Waals surface area contributed by atoms with Gasteiger partial charge in [0, 0.05) is 6.54 Å². The summed E-state index contributed by atoms with van der Waals surface area (Å²) in [7, 11) is 0. The molecular weight excluding hydrogens is 373 g/mol. The largest absolute Gasteiger partial charge is 0.492 e. The van der Waals surface area contributed by atoms with E-state index in [-0.39, 0.29) is 5.82 Å². The maximum atomic E-state index is 12.8. The summed E-state index contributed by atoms with van der Waals surface area (Å²) in [6, 6.07) is 11.6. The Bertz CT molecular complexity index is 753. The van der Waals surface area contributed by atoms with Crippen molar-refractivity contribution in [1.82, 2.24) is 10.7 Å². The molecule has 0 aliphatic rings. The van der Waals surface area contributed by atoms with Gasteiger partial charge in [0.2, 0.25) is 0 Å². The molecule has 0 atom stereocenters. The molecule has 0 spiro atoms. The Balaban J connectivity index is 1.77. The van der Waals surface area contributed by atoms with Gasteiger partial charge in [-0.15, -0.1) is 0 Å². The van der Waals surface area contributed by atoms with Crippen LogP contribution in [-0.4, -0.2) is 17.9 Å². The molecule has 2 rings (SSSR count). The van der Waals surface area contributed by atoms with Crippen LogP contribution in [0, 0.1) is 5.82 Å². The molecule has 0 saturated heterocycles. The maximum absolute atomic E-state index is 12.8. The van der Waals surface area contributed by atoms with Crippen LogP contribution < -0.4 is 15.5 Å². The lowest BCUT2D eigenvalue weighted by molar-refractivity contribution is 0.309. The summed E-state index contributed by atoms with van der Waals surface area (Å²) in [5.74, 6) is 0.404. The minimum absolute atomic E-state index is 0.285. The Morgan fingerprint density at radius 2 is 2.04 bits per heavy atom. The van der Waals surface area contributed by atoms with Crippen molar-refractivity contribution in [2.75, 3.05) is 6.61 Å². The van der Waals surface area contributed by atoms with Gasteiger partial charge in [-0.2, -0.15) is 5.10 Å². The second kappa shape index (κ2) is 10.7. The molecule has 4 nitrogen and oxygen atoms in total. The average molecular weight is 394 g/mol. The van der Waals surface area contributed by atoms with Gasteiger partial charge in [-0.05, 0) is 54.0 Å². The topological polar surface area (TPSA) is 45.6 Å². The highest BCUT2D eigenvalue weighted by molar-refractivity contribution is 7.80. The number of benzene rings is 2. The lowest BCUT2D eigenvalue weighted by atomic mass is 10.2. The van der Waals surface area contributed by atoms with Crippen LogP contribution in [0.5, 0.6) is 5.75 Å². The van der Waals surface area contributed by atoms with E-state index in [9.17, 15) is 4.39 Å². The van der Waals surface area contributed by atoms with E-state index < -0.39 is 0 Å². The Labute approximate surface area is 163 Å². The molecule has 2 N–H and O–H groups in total. The number of nitrogens with one attached hydrogen (secondary N) is 2. The molecule has 0 saturated carbocycles. The van der Waals surface area contributed by atoms with Gasteiger partial charge in [0.25, 0.3) is 0 Å². The third kappa shape index (κ3) is 6.98. The fourth-order valence-corrected chi connectivity index (χ4v) is 2.42. The van der Waals surface area contributed by atoms with Crippen molar-refractivity contribution in [2.24, 2.45) is 5.10 Å². The van der Waals surface area contributed by atoms with E-state index >= 15 is 0 Å². The first-order valence-electron chi connectivity index (χ1n) is 8.32. The van der Waals surface area contributed by atoms with Crippen LogP contribution in [0.1, 0.15) is 30.9 Å². The quantitative estimate of drug-likeness (QED) is 0.296. The molecular formula is C19H21ClFN3OS. The van der Waals surface area contributed by atoms with Crippen molar-refractivity contribution in [3.8, 4) is 5.75 Å². The van der Waals surface area contributed by atoms with Crippen molar-refractivity contribution in [3.63, 3.8) is 0 Å². The number of thiocarbonyl (C=S) groups is 1. The minimum atomic E-state index is -0.285. The Morgan fingerprint density at radius 3 is 2.73 bits per heavy atom. The van der Waals surface area contributed by atoms with Crippen LogP contribution in [-0.2, 0) is 6.54 Å². The highest BCUT2D eigenvalue weighted by Gasteiger charge is 2.04. The Morgan fingerprint density at radius 1 is 1.27 bits per heavy atom. The molecule has 2 aromatic carbocycles. The number of nitrogens with zero attached hydrogens (tertiary/aromatic N) is 1. The number of unbranched alkanes of at least 4 members (excludes halogenated alkanes) is 1. The number of hydrogen-bond acceptors (Lipinski definition) is 3. The standard InChI is InChI=1S/C19H21ClFN3OS/c1-2-3-10-25-18-9-6-15(11-17(18)20)12-22-19(26)24-23-13-14-4-7-16(21)8-5-14/h4-9,11,13H,2-3,10,12H2,1H3,(H2,22,24,26)/b23-13+. The fourth-order valence-electron chi connectivity index (χ4n) is 2.03. The summed E-state index contributed by atoms with van der Waals surface area (Å²) in [6.45, 7) is 3.28. The summed E-state index contributed by atoms with van der Waals surface area (Å²) in [6.07, 6.45) is 3.64. The average Bonchev–Trinajstić information content (AvgIpc) is 2.63. The summed E-state index contributed by atoms with van der Waals surface area (Å²) in [4.78, 5) is 0. The molecule has 0 bridgehead atoms.